The van der Waals surface area contributed by atoms with Crippen molar-refractivity contribution in [2.45, 2.75) is 20.0 Å². The number of carbonyl (C=O) groups is 1. The first-order chi connectivity index (χ1) is 11.5. The third-order valence-corrected chi connectivity index (χ3v) is 3.25. The SMILES string of the molecule is COc1cccc(NC(=S)NC(=O)c2ccccc2OC(C)C)c1. The Morgan fingerprint density at radius 2 is 1.88 bits per heavy atom. The first-order valence-corrected chi connectivity index (χ1v) is 7.92. The molecule has 2 N–H and O–H groups in total. The minimum Gasteiger partial charge on any atom is -0.497 e. The molecule has 2 aromatic rings. The zero-order valence-electron chi connectivity index (χ0n) is 13.8. The van der Waals surface area contributed by atoms with E-state index in [2.05, 4.69) is 10.6 Å². The summed E-state index contributed by atoms with van der Waals surface area (Å²) in [5.74, 6) is 0.894. The van der Waals surface area contributed by atoms with Crippen LogP contribution < -0.4 is 20.1 Å². The van der Waals surface area contributed by atoms with Gasteiger partial charge in [0.15, 0.2) is 5.11 Å². The smallest absolute Gasteiger partial charge is 0.261 e. The van der Waals surface area contributed by atoms with Crippen LogP contribution >= 0.6 is 12.2 Å². The van der Waals surface area contributed by atoms with E-state index in [0.717, 1.165) is 5.69 Å². The Balaban J connectivity index is 2.05. The highest BCUT2D eigenvalue weighted by molar-refractivity contribution is 7.80. The fourth-order valence-corrected chi connectivity index (χ4v) is 2.26. The van der Waals surface area contributed by atoms with Crippen LogP contribution in [0.4, 0.5) is 5.69 Å². The quantitative estimate of drug-likeness (QED) is 0.812. The van der Waals surface area contributed by atoms with Crippen molar-refractivity contribution in [2.75, 3.05) is 12.4 Å². The van der Waals surface area contributed by atoms with E-state index in [4.69, 9.17) is 21.7 Å². The van der Waals surface area contributed by atoms with Crippen molar-refractivity contribution in [2.24, 2.45) is 0 Å². The maximum absolute atomic E-state index is 12.4. The molecule has 0 aliphatic heterocycles. The summed E-state index contributed by atoms with van der Waals surface area (Å²) in [4.78, 5) is 12.4. The zero-order valence-corrected chi connectivity index (χ0v) is 14.6. The van der Waals surface area contributed by atoms with Crippen LogP contribution in [0.5, 0.6) is 11.5 Å². The Labute approximate surface area is 147 Å². The summed E-state index contributed by atoms with van der Waals surface area (Å²) < 4.78 is 10.8. The highest BCUT2D eigenvalue weighted by atomic mass is 32.1. The van der Waals surface area contributed by atoms with Gasteiger partial charge in [0.25, 0.3) is 5.91 Å². The zero-order chi connectivity index (χ0) is 17.5. The van der Waals surface area contributed by atoms with Crippen LogP contribution in [-0.2, 0) is 0 Å². The number of rotatable bonds is 5. The van der Waals surface area contributed by atoms with Gasteiger partial charge in [-0.15, -0.1) is 0 Å². The van der Waals surface area contributed by atoms with E-state index in [1.165, 1.54) is 0 Å². The number of nitrogens with one attached hydrogen (secondary N) is 2. The van der Waals surface area contributed by atoms with Crippen LogP contribution in [0.1, 0.15) is 24.2 Å². The molecule has 0 aromatic heterocycles. The number of hydrogen-bond donors (Lipinski definition) is 2. The molecule has 0 saturated carbocycles. The largest absolute Gasteiger partial charge is 0.497 e. The van der Waals surface area contributed by atoms with Crippen LogP contribution in [-0.4, -0.2) is 24.2 Å². The molecular formula is C18H20N2O3S. The van der Waals surface area contributed by atoms with Crippen LogP contribution in [0.25, 0.3) is 0 Å². The third-order valence-electron chi connectivity index (χ3n) is 3.05. The first kappa shape index (κ1) is 17.7. The van der Waals surface area contributed by atoms with Gasteiger partial charge >= 0.3 is 0 Å². The fraction of sp³-hybridized carbons (Fsp3) is 0.222. The van der Waals surface area contributed by atoms with Gasteiger partial charge in [-0.2, -0.15) is 0 Å². The van der Waals surface area contributed by atoms with E-state index in [1.807, 2.05) is 38.1 Å². The summed E-state index contributed by atoms with van der Waals surface area (Å²) in [6.07, 6.45) is -0.0270. The summed E-state index contributed by atoms with van der Waals surface area (Å²) >= 11 is 5.20. The molecule has 0 unspecified atom stereocenters. The van der Waals surface area contributed by atoms with Crippen molar-refractivity contribution in [3.05, 3.63) is 54.1 Å². The van der Waals surface area contributed by atoms with Gasteiger partial charge in [0.2, 0.25) is 0 Å². The molecule has 1 amide bonds. The second-order valence-corrected chi connectivity index (χ2v) is 5.71. The van der Waals surface area contributed by atoms with E-state index < -0.39 is 0 Å². The molecule has 0 aliphatic rings. The topological polar surface area (TPSA) is 59.6 Å². The molecule has 24 heavy (non-hydrogen) atoms. The summed E-state index contributed by atoms with van der Waals surface area (Å²) in [5.41, 5.74) is 1.16. The van der Waals surface area contributed by atoms with Gasteiger partial charge in [0.1, 0.15) is 11.5 Å². The van der Waals surface area contributed by atoms with Crippen molar-refractivity contribution in [3.63, 3.8) is 0 Å². The lowest BCUT2D eigenvalue weighted by atomic mass is 10.2. The standard InChI is InChI=1S/C18H20N2O3S/c1-12(2)23-16-10-5-4-9-15(16)17(21)20-18(24)19-13-7-6-8-14(11-13)22-3/h4-12H,1-3H3,(H2,19,20,21,24). The number of amides is 1. The Kier molecular flexibility index (Phi) is 6.14. The Morgan fingerprint density at radius 1 is 1.12 bits per heavy atom. The maximum atomic E-state index is 12.4. The van der Waals surface area contributed by atoms with E-state index in [9.17, 15) is 4.79 Å². The van der Waals surface area contributed by atoms with E-state index >= 15 is 0 Å². The first-order valence-electron chi connectivity index (χ1n) is 7.51. The van der Waals surface area contributed by atoms with Crippen LogP contribution in [0.15, 0.2) is 48.5 Å². The number of carbonyl (C=O) groups excluding carboxylic acids is 1. The molecule has 0 fully saturated rings. The molecule has 2 aromatic carbocycles. The van der Waals surface area contributed by atoms with Crippen LogP contribution in [0, 0.1) is 0 Å². The molecule has 0 atom stereocenters. The highest BCUT2D eigenvalue weighted by Gasteiger charge is 2.14. The average molecular weight is 344 g/mol. The Morgan fingerprint density at radius 3 is 2.58 bits per heavy atom. The summed E-state index contributed by atoms with van der Waals surface area (Å²) in [6.45, 7) is 3.81. The lowest BCUT2D eigenvalue weighted by Gasteiger charge is -2.15. The number of anilines is 1. The van der Waals surface area contributed by atoms with Crippen molar-refractivity contribution in [1.29, 1.82) is 0 Å². The summed E-state index contributed by atoms with van der Waals surface area (Å²) in [5, 5.41) is 5.81. The van der Waals surface area contributed by atoms with Gasteiger partial charge in [-0.3, -0.25) is 10.1 Å². The Bertz CT molecular complexity index is 732. The predicted molar refractivity (Wildman–Crippen MR) is 98.9 cm³/mol. The molecule has 6 heteroatoms. The lowest BCUT2D eigenvalue weighted by Crippen LogP contribution is -2.34. The second kappa shape index (κ2) is 8.31. The van der Waals surface area contributed by atoms with Gasteiger partial charge in [-0.05, 0) is 50.3 Å². The number of methoxy groups -OCH3 is 1. The van der Waals surface area contributed by atoms with Gasteiger partial charge < -0.3 is 14.8 Å². The van der Waals surface area contributed by atoms with Gasteiger partial charge in [0, 0.05) is 11.8 Å². The van der Waals surface area contributed by atoms with Crippen molar-refractivity contribution in [1.82, 2.24) is 5.32 Å². The number of hydrogen-bond acceptors (Lipinski definition) is 4. The average Bonchev–Trinajstić information content (AvgIpc) is 2.54. The predicted octanol–water partition coefficient (Wildman–Crippen LogP) is 3.61. The third kappa shape index (κ3) is 4.96. The van der Waals surface area contributed by atoms with Crippen molar-refractivity contribution >= 4 is 28.9 Å². The van der Waals surface area contributed by atoms with Gasteiger partial charge in [-0.25, -0.2) is 0 Å². The van der Waals surface area contributed by atoms with Crippen molar-refractivity contribution in [3.8, 4) is 11.5 Å². The van der Waals surface area contributed by atoms with E-state index in [1.54, 1.807) is 31.4 Å². The minimum absolute atomic E-state index is 0.0270. The van der Waals surface area contributed by atoms with E-state index in [-0.39, 0.29) is 17.1 Å². The number of ether oxygens (including phenoxy) is 2. The van der Waals surface area contributed by atoms with Gasteiger partial charge in [0.05, 0.1) is 18.8 Å². The van der Waals surface area contributed by atoms with Crippen LogP contribution in [0.3, 0.4) is 0 Å². The molecule has 0 bridgehead atoms. The number of thiocarbonyl (C=S) groups is 1. The minimum atomic E-state index is -0.327. The normalized spacial score (nSPS) is 10.2. The Hall–Kier alpha value is -2.60. The van der Waals surface area contributed by atoms with Crippen LogP contribution in [0.2, 0.25) is 0 Å². The van der Waals surface area contributed by atoms with E-state index in [0.29, 0.717) is 17.1 Å². The van der Waals surface area contributed by atoms with Gasteiger partial charge in [-0.1, -0.05) is 18.2 Å². The maximum Gasteiger partial charge on any atom is 0.261 e. The fourth-order valence-electron chi connectivity index (χ4n) is 2.04. The highest BCUT2D eigenvalue weighted by Crippen LogP contribution is 2.20. The molecule has 0 heterocycles. The monoisotopic (exact) mass is 344 g/mol. The lowest BCUT2D eigenvalue weighted by molar-refractivity contribution is 0.0972. The summed E-state index contributed by atoms with van der Waals surface area (Å²) in [6, 6.07) is 14.3. The molecule has 0 radical (unpaired) electrons. The summed E-state index contributed by atoms with van der Waals surface area (Å²) in [7, 11) is 1.59. The second-order valence-electron chi connectivity index (χ2n) is 5.30. The number of para-hydroxylation sites is 1. The molecular weight excluding hydrogens is 324 g/mol. The molecule has 2 rings (SSSR count). The molecule has 0 saturated heterocycles. The van der Waals surface area contributed by atoms with Crippen molar-refractivity contribution < 1.29 is 14.3 Å². The molecule has 5 nitrogen and oxygen atoms in total. The molecule has 0 spiro atoms. The molecule has 0 aliphatic carbocycles. The number of benzene rings is 2. The molecule has 126 valence electrons.